The van der Waals surface area contributed by atoms with Crippen molar-refractivity contribution in [3.63, 3.8) is 0 Å². The van der Waals surface area contributed by atoms with Crippen LogP contribution in [0.25, 0.3) is 5.69 Å². The molecule has 2 aromatic heterocycles. The van der Waals surface area contributed by atoms with Crippen molar-refractivity contribution >= 4 is 17.2 Å². The second-order valence-corrected chi connectivity index (χ2v) is 7.23. The van der Waals surface area contributed by atoms with Gasteiger partial charge in [0.2, 0.25) is 0 Å². The van der Waals surface area contributed by atoms with E-state index >= 15 is 0 Å². The van der Waals surface area contributed by atoms with Crippen LogP contribution in [0, 0.1) is 0 Å². The fourth-order valence-corrected chi connectivity index (χ4v) is 3.90. The minimum absolute atomic E-state index is 0.0284. The number of thiophene rings is 1. The average molecular weight is 367 g/mol. The summed E-state index contributed by atoms with van der Waals surface area (Å²) in [4.78, 5) is 15.1. The fraction of sp³-hybridized carbons (Fsp3) is 0.300. The van der Waals surface area contributed by atoms with Crippen molar-refractivity contribution < 1.29 is 9.53 Å². The van der Waals surface area contributed by atoms with E-state index < -0.39 is 0 Å². The van der Waals surface area contributed by atoms with E-state index in [0.29, 0.717) is 18.7 Å². The fourth-order valence-electron chi connectivity index (χ4n) is 3.24. The van der Waals surface area contributed by atoms with Gasteiger partial charge >= 0.3 is 0 Å². The molecule has 1 aliphatic rings. The van der Waals surface area contributed by atoms with E-state index in [1.165, 1.54) is 0 Å². The number of hydrogen-bond donors (Lipinski definition) is 0. The van der Waals surface area contributed by atoms with E-state index in [4.69, 9.17) is 4.74 Å². The molecule has 3 aromatic rings. The SMILES string of the molecule is O=C(c1cccc(-n2cccn2)c1)N(Cc1ccsc1)C[C@@H]1CCCO1. The first-order chi connectivity index (χ1) is 12.8. The molecule has 0 radical (unpaired) electrons. The molecule has 0 unspecified atom stereocenters. The van der Waals surface area contributed by atoms with Crippen LogP contribution in [0.3, 0.4) is 0 Å². The lowest BCUT2D eigenvalue weighted by Crippen LogP contribution is -2.36. The van der Waals surface area contributed by atoms with Crippen LogP contribution in [0.1, 0.15) is 28.8 Å². The summed E-state index contributed by atoms with van der Waals surface area (Å²) in [5, 5.41) is 8.39. The summed E-state index contributed by atoms with van der Waals surface area (Å²) < 4.78 is 7.53. The largest absolute Gasteiger partial charge is 0.376 e. The Morgan fingerprint density at radius 1 is 1.35 bits per heavy atom. The average Bonchev–Trinajstić information content (AvgIpc) is 3.43. The van der Waals surface area contributed by atoms with Crippen molar-refractivity contribution in [3.8, 4) is 5.69 Å². The molecule has 26 heavy (non-hydrogen) atoms. The van der Waals surface area contributed by atoms with Gasteiger partial charge in [0, 0.05) is 37.7 Å². The predicted molar refractivity (Wildman–Crippen MR) is 102 cm³/mol. The molecule has 1 aromatic carbocycles. The monoisotopic (exact) mass is 367 g/mol. The summed E-state index contributed by atoms with van der Waals surface area (Å²) in [7, 11) is 0. The number of aromatic nitrogens is 2. The third-order valence-corrected chi connectivity index (χ3v) is 5.28. The second-order valence-electron chi connectivity index (χ2n) is 6.45. The van der Waals surface area contributed by atoms with Gasteiger partial charge in [0.05, 0.1) is 11.8 Å². The molecule has 0 spiro atoms. The van der Waals surface area contributed by atoms with Gasteiger partial charge < -0.3 is 9.64 Å². The number of carbonyl (C=O) groups is 1. The molecule has 0 saturated carbocycles. The van der Waals surface area contributed by atoms with Crippen LogP contribution in [-0.4, -0.2) is 39.8 Å². The van der Waals surface area contributed by atoms with Gasteiger partial charge in [-0.3, -0.25) is 4.79 Å². The summed E-state index contributed by atoms with van der Waals surface area (Å²) >= 11 is 1.65. The van der Waals surface area contributed by atoms with Gasteiger partial charge in [0.1, 0.15) is 0 Å². The molecule has 1 amide bonds. The molecule has 0 N–H and O–H groups in total. The van der Waals surface area contributed by atoms with E-state index in [2.05, 4.69) is 16.5 Å². The maximum absolute atomic E-state index is 13.2. The molecular weight excluding hydrogens is 346 g/mol. The number of ether oxygens (including phenoxy) is 1. The Morgan fingerprint density at radius 2 is 2.31 bits per heavy atom. The van der Waals surface area contributed by atoms with E-state index in [-0.39, 0.29) is 12.0 Å². The van der Waals surface area contributed by atoms with Gasteiger partial charge in [-0.25, -0.2) is 4.68 Å². The summed E-state index contributed by atoms with van der Waals surface area (Å²) in [6, 6.07) is 11.6. The van der Waals surface area contributed by atoms with E-state index in [1.54, 1.807) is 22.2 Å². The van der Waals surface area contributed by atoms with Crippen molar-refractivity contribution in [2.45, 2.75) is 25.5 Å². The van der Waals surface area contributed by atoms with Crippen molar-refractivity contribution in [2.75, 3.05) is 13.2 Å². The molecule has 0 aliphatic carbocycles. The quantitative estimate of drug-likeness (QED) is 0.666. The lowest BCUT2D eigenvalue weighted by Gasteiger charge is -2.25. The molecular formula is C20H21N3O2S. The molecule has 4 rings (SSSR count). The Morgan fingerprint density at radius 3 is 3.04 bits per heavy atom. The zero-order valence-corrected chi connectivity index (χ0v) is 15.3. The molecule has 5 nitrogen and oxygen atoms in total. The number of amides is 1. The number of rotatable bonds is 6. The van der Waals surface area contributed by atoms with Crippen molar-refractivity contribution in [2.24, 2.45) is 0 Å². The highest BCUT2D eigenvalue weighted by Gasteiger charge is 2.24. The topological polar surface area (TPSA) is 47.4 Å². The van der Waals surface area contributed by atoms with Crippen LogP contribution in [0.15, 0.2) is 59.6 Å². The maximum Gasteiger partial charge on any atom is 0.254 e. The number of nitrogens with zero attached hydrogens (tertiary/aromatic N) is 3. The van der Waals surface area contributed by atoms with Crippen LogP contribution >= 0.6 is 11.3 Å². The van der Waals surface area contributed by atoms with Gasteiger partial charge in [-0.2, -0.15) is 16.4 Å². The highest BCUT2D eigenvalue weighted by atomic mass is 32.1. The summed E-state index contributed by atoms with van der Waals surface area (Å²) in [5.41, 5.74) is 2.71. The predicted octanol–water partition coefficient (Wildman–Crippen LogP) is 3.76. The maximum atomic E-state index is 13.2. The first-order valence-corrected chi connectivity index (χ1v) is 9.76. The Kier molecular flexibility index (Phi) is 5.13. The van der Waals surface area contributed by atoms with E-state index in [9.17, 15) is 4.79 Å². The third-order valence-electron chi connectivity index (χ3n) is 4.55. The third kappa shape index (κ3) is 3.86. The molecule has 1 aliphatic heterocycles. The van der Waals surface area contributed by atoms with Gasteiger partial charge in [0.15, 0.2) is 0 Å². The molecule has 6 heteroatoms. The minimum atomic E-state index is 0.0284. The van der Waals surface area contributed by atoms with Gasteiger partial charge in [-0.15, -0.1) is 0 Å². The first kappa shape index (κ1) is 17.0. The molecule has 1 saturated heterocycles. The molecule has 1 fully saturated rings. The first-order valence-electron chi connectivity index (χ1n) is 8.81. The van der Waals surface area contributed by atoms with Gasteiger partial charge in [-0.1, -0.05) is 6.07 Å². The molecule has 134 valence electrons. The Labute approximate surface area is 156 Å². The lowest BCUT2D eigenvalue weighted by molar-refractivity contribution is 0.0507. The highest BCUT2D eigenvalue weighted by Crippen LogP contribution is 2.19. The molecule has 1 atom stereocenters. The standard InChI is InChI=1S/C20H21N3O2S/c24-20(17-4-1-5-18(12-17)23-9-3-8-21-23)22(13-16-7-11-26-15-16)14-19-6-2-10-25-19/h1,3-5,7-9,11-12,15,19H,2,6,10,13-14H2/t19-/m0/s1. The molecule has 0 bridgehead atoms. The van der Waals surface area contributed by atoms with Crippen LogP contribution in [0.2, 0.25) is 0 Å². The zero-order chi connectivity index (χ0) is 17.8. The van der Waals surface area contributed by atoms with E-state index in [1.807, 2.05) is 46.8 Å². The number of hydrogen-bond acceptors (Lipinski definition) is 4. The smallest absolute Gasteiger partial charge is 0.254 e. The van der Waals surface area contributed by atoms with Gasteiger partial charge in [0.25, 0.3) is 5.91 Å². The zero-order valence-electron chi connectivity index (χ0n) is 14.5. The van der Waals surface area contributed by atoms with Crippen molar-refractivity contribution in [1.29, 1.82) is 0 Å². The van der Waals surface area contributed by atoms with Crippen LogP contribution < -0.4 is 0 Å². The van der Waals surface area contributed by atoms with Gasteiger partial charge in [-0.05, 0) is 59.5 Å². The van der Waals surface area contributed by atoms with Crippen molar-refractivity contribution in [1.82, 2.24) is 14.7 Å². The summed E-state index contributed by atoms with van der Waals surface area (Å²) in [5.74, 6) is 0.0284. The Balaban J connectivity index is 1.57. The van der Waals surface area contributed by atoms with Crippen LogP contribution in [-0.2, 0) is 11.3 Å². The normalized spacial score (nSPS) is 16.7. The summed E-state index contributed by atoms with van der Waals surface area (Å²) in [6.45, 7) is 2.02. The summed E-state index contributed by atoms with van der Waals surface area (Å²) in [6.07, 6.45) is 5.82. The lowest BCUT2D eigenvalue weighted by atomic mass is 10.1. The van der Waals surface area contributed by atoms with Crippen molar-refractivity contribution in [3.05, 3.63) is 70.7 Å². The van der Waals surface area contributed by atoms with Crippen LogP contribution in [0.4, 0.5) is 0 Å². The molecule has 3 heterocycles. The van der Waals surface area contributed by atoms with Crippen LogP contribution in [0.5, 0.6) is 0 Å². The highest BCUT2D eigenvalue weighted by molar-refractivity contribution is 7.07. The Hall–Kier alpha value is -2.44. The number of carbonyl (C=O) groups excluding carboxylic acids is 1. The number of benzene rings is 1. The van der Waals surface area contributed by atoms with E-state index in [0.717, 1.165) is 30.7 Å². The minimum Gasteiger partial charge on any atom is -0.376 e. The second kappa shape index (κ2) is 7.85. The Bertz CT molecular complexity index is 840.